The number of aromatic nitrogens is 1. The van der Waals surface area contributed by atoms with Crippen LogP contribution in [-0.2, 0) is 29.2 Å². The standard InChI is InChI=1S/C23H19ClF2N2O3S/c1-3-32(30,31)12-14-6-17-18(9-21(14)26)23(16-5-4-15(25)8-20(16)24)27-10-13-7-22(29)28(2)11-19(13)17/h4-9,11H,3,10,12H2,1-2H3. The van der Waals surface area contributed by atoms with Gasteiger partial charge < -0.3 is 4.57 Å². The number of pyridine rings is 1. The predicted molar refractivity (Wildman–Crippen MR) is 121 cm³/mol. The third-order valence-electron chi connectivity index (χ3n) is 5.45. The van der Waals surface area contributed by atoms with E-state index in [4.69, 9.17) is 11.6 Å². The Balaban J connectivity index is 2.02. The molecule has 0 unspecified atom stereocenters. The maximum Gasteiger partial charge on any atom is 0.250 e. The van der Waals surface area contributed by atoms with E-state index >= 15 is 4.39 Å². The summed E-state index contributed by atoms with van der Waals surface area (Å²) in [4.78, 5) is 16.8. The molecule has 2 heterocycles. The van der Waals surface area contributed by atoms with Gasteiger partial charge in [-0.2, -0.15) is 0 Å². The number of benzene rings is 2. The number of halogens is 3. The van der Waals surface area contributed by atoms with Gasteiger partial charge in [-0.25, -0.2) is 17.2 Å². The lowest BCUT2D eigenvalue weighted by molar-refractivity contribution is 0.588. The molecule has 2 aromatic carbocycles. The summed E-state index contributed by atoms with van der Waals surface area (Å²) in [5, 5.41) is 0.105. The Morgan fingerprint density at radius 2 is 1.81 bits per heavy atom. The summed E-state index contributed by atoms with van der Waals surface area (Å²) in [6.45, 7) is 1.62. The first-order valence-corrected chi connectivity index (χ1v) is 12.0. The van der Waals surface area contributed by atoms with Crippen molar-refractivity contribution in [2.75, 3.05) is 5.75 Å². The van der Waals surface area contributed by atoms with Crippen LogP contribution in [0.15, 0.2) is 52.4 Å². The molecule has 32 heavy (non-hydrogen) atoms. The fourth-order valence-corrected chi connectivity index (χ4v) is 4.85. The normalized spacial score (nSPS) is 13.2. The smallest absolute Gasteiger partial charge is 0.250 e. The molecule has 9 heteroatoms. The van der Waals surface area contributed by atoms with Crippen LogP contribution in [0.3, 0.4) is 0 Å². The van der Waals surface area contributed by atoms with E-state index < -0.39 is 27.2 Å². The minimum absolute atomic E-state index is 0.0249. The van der Waals surface area contributed by atoms with Crippen LogP contribution < -0.4 is 5.56 Å². The minimum atomic E-state index is -3.49. The molecule has 5 nitrogen and oxygen atoms in total. The average Bonchev–Trinajstić information content (AvgIpc) is 2.86. The van der Waals surface area contributed by atoms with Crippen molar-refractivity contribution >= 4 is 27.1 Å². The van der Waals surface area contributed by atoms with Gasteiger partial charge in [0.2, 0.25) is 0 Å². The van der Waals surface area contributed by atoms with E-state index in [2.05, 4.69) is 4.99 Å². The van der Waals surface area contributed by atoms with Gasteiger partial charge in [0.15, 0.2) is 9.84 Å². The van der Waals surface area contributed by atoms with E-state index in [1.807, 2.05) is 0 Å². The fourth-order valence-electron chi connectivity index (χ4n) is 3.69. The van der Waals surface area contributed by atoms with Crippen molar-refractivity contribution in [1.82, 2.24) is 4.57 Å². The third-order valence-corrected chi connectivity index (χ3v) is 7.40. The largest absolute Gasteiger partial charge is 0.318 e. The number of nitrogens with zero attached hydrogens (tertiary/aromatic N) is 2. The molecule has 0 saturated heterocycles. The maximum absolute atomic E-state index is 15.1. The first-order valence-electron chi connectivity index (χ1n) is 9.82. The zero-order valence-corrected chi connectivity index (χ0v) is 18.9. The van der Waals surface area contributed by atoms with E-state index in [1.165, 1.54) is 41.8 Å². The monoisotopic (exact) mass is 476 g/mol. The van der Waals surface area contributed by atoms with Gasteiger partial charge in [-0.05, 0) is 41.5 Å². The molecule has 0 radical (unpaired) electrons. The lowest BCUT2D eigenvalue weighted by atomic mass is 9.91. The molecule has 0 aliphatic carbocycles. The molecule has 1 aliphatic rings. The highest BCUT2D eigenvalue weighted by Crippen LogP contribution is 2.35. The van der Waals surface area contributed by atoms with Gasteiger partial charge in [-0.1, -0.05) is 18.5 Å². The van der Waals surface area contributed by atoms with Gasteiger partial charge in [0.05, 0.1) is 23.0 Å². The van der Waals surface area contributed by atoms with Crippen molar-refractivity contribution in [3.8, 4) is 11.1 Å². The highest BCUT2D eigenvalue weighted by Gasteiger charge is 2.25. The van der Waals surface area contributed by atoms with E-state index in [0.717, 1.165) is 6.07 Å². The first kappa shape index (κ1) is 22.4. The van der Waals surface area contributed by atoms with Crippen LogP contribution in [-0.4, -0.2) is 24.4 Å². The summed E-state index contributed by atoms with van der Waals surface area (Å²) in [5.41, 5.74) is 2.67. The minimum Gasteiger partial charge on any atom is -0.318 e. The Morgan fingerprint density at radius 1 is 1.06 bits per heavy atom. The SMILES string of the molecule is CCS(=O)(=O)Cc1cc2c(cc1F)C(c1ccc(F)cc1Cl)=NCc1cc(=O)n(C)cc1-2. The Bertz CT molecular complexity index is 1450. The van der Waals surface area contributed by atoms with Gasteiger partial charge in [0, 0.05) is 47.3 Å². The highest BCUT2D eigenvalue weighted by molar-refractivity contribution is 7.90. The number of sulfone groups is 1. The van der Waals surface area contributed by atoms with Gasteiger partial charge in [0.1, 0.15) is 11.6 Å². The first-order chi connectivity index (χ1) is 15.1. The van der Waals surface area contributed by atoms with Crippen molar-refractivity contribution in [2.24, 2.45) is 12.0 Å². The molecule has 4 rings (SSSR count). The van der Waals surface area contributed by atoms with E-state index in [-0.39, 0.29) is 28.4 Å². The molecule has 0 spiro atoms. The summed E-state index contributed by atoms with van der Waals surface area (Å²) in [6.07, 6.45) is 1.62. The van der Waals surface area contributed by atoms with E-state index in [0.29, 0.717) is 33.5 Å². The van der Waals surface area contributed by atoms with Crippen LogP contribution in [0.4, 0.5) is 8.78 Å². The number of aryl methyl sites for hydroxylation is 1. The van der Waals surface area contributed by atoms with Crippen LogP contribution in [0.25, 0.3) is 11.1 Å². The van der Waals surface area contributed by atoms with Crippen LogP contribution in [0.1, 0.15) is 29.2 Å². The lowest BCUT2D eigenvalue weighted by Crippen LogP contribution is -2.16. The van der Waals surface area contributed by atoms with Crippen LogP contribution in [0.5, 0.6) is 0 Å². The van der Waals surface area contributed by atoms with E-state index in [9.17, 15) is 17.6 Å². The number of rotatable bonds is 4. The second kappa shape index (κ2) is 8.26. The Morgan fingerprint density at radius 3 is 2.50 bits per heavy atom. The van der Waals surface area contributed by atoms with Gasteiger partial charge in [0.25, 0.3) is 5.56 Å². The topological polar surface area (TPSA) is 68.5 Å². The molecule has 0 amide bonds. The number of aliphatic imine (C=N–C) groups is 1. The Hall–Kier alpha value is -2.84. The Kier molecular flexibility index (Phi) is 5.77. The third kappa shape index (κ3) is 4.12. The molecule has 0 atom stereocenters. The molecule has 0 saturated carbocycles. The van der Waals surface area contributed by atoms with Crippen molar-refractivity contribution < 1.29 is 17.2 Å². The van der Waals surface area contributed by atoms with Gasteiger partial charge in [-0.3, -0.25) is 9.79 Å². The number of fused-ring (bicyclic) bond motifs is 3. The molecule has 0 bridgehead atoms. The van der Waals surface area contributed by atoms with Crippen molar-refractivity contribution in [1.29, 1.82) is 0 Å². The molecule has 3 aromatic rings. The second-order valence-electron chi connectivity index (χ2n) is 7.62. The summed E-state index contributed by atoms with van der Waals surface area (Å²) >= 11 is 6.27. The van der Waals surface area contributed by atoms with Crippen molar-refractivity contribution in [3.63, 3.8) is 0 Å². The molecule has 0 N–H and O–H groups in total. The van der Waals surface area contributed by atoms with Crippen molar-refractivity contribution in [3.05, 3.63) is 91.9 Å². The average molecular weight is 477 g/mol. The van der Waals surface area contributed by atoms with Gasteiger partial charge >= 0.3 is 0 Å². The van der Waals surface area contributed by atoms with Crippen LogP contribution in [0, 0.1) is 11.6 Å². The van der Waals surface area contributed by atoms with Crippen LogP contribution >= 0.6 is 11.6 Å². The van der Waals surface area contributed by atoms with Crippen LogP contribution in [0.2, 0.25) is 5.02 Å². The zero-order valence-electron chi connectivity index (χ0n) is 17.3. The summed E-state index contributed by atoms with van der Waals surface area (Å²) in [5.74, 6) is -1.79. The molecular weight excluding hydrogens is 458 g/mol. The summed E-state index contributed by atoms with van der Waals surface area (Å²) < 4.78 is 54.4. The van der Waals surface area contributed by atoms with Crippen molar-refractivity contribution in [2.45, 2.75) is 19.2 Å². The highest BCUT2D eigenvalue weighted by atomic mass is 35.5. The summed E-state index contributed by atoms with van der Waals surface area (Å²) in [6, 6.07) is 8.00. The zero-order chi connectivity index (χ0) is 23.2. The van der Waals surface area contributed by atoms with E-state index in [1.54, 1.807) is 13.2 Å². The molecule has 1 aromatic heterocycles. The Labute approximate surface area is 188 Å². The maximum atomic E-state index is 15.1. The van der Waals surface area contributed by atoms with Gasteiger partial charge in [-0.15, -0.1) is 0 Å². The fraction of sp³-hybridized carbons (Fsp3) is 0.217. The number of hydrogen-bond acceptors (Lipinski definition) is 4. The lowest BCUT2D eigenvalue weighted by Gasteiger charge is -2.16. The predicted octanol–water partition coefficient (Wildman–Crippen LogP) is 4.27. The molecule has 0 fully saturated rings. The molecular formula is C23H19ClF2N2O3S. The second-order valence-corrected chi connectivity index (χ2v) is 10.4. The number of hydrogen-bond donors (Lipinski definition) is 0. The molecule has 166 valence electrons. The molecule has 1 aliphatic heterocycles. The summed E-state index contributed by atoms with van der Waals surface area (Å²) in [7, 11) is -1.89. The quantitative estimate of drug-likeness (QED) is 0.564.